The lowest BCUT2D eigenvalue weighted by Gasteiger charge is -2.19. The molecular weight excluding hydrogens is 397 g/mol. The van der Waals surface area contributed by atoms with Crippen LogP contribution in [-0.4, -0.2) is 56.6 Å². The minimum absolute atomic E-state index is 0.0116. The molecule has 7 nitrogen and oxygen atoms in total. The van der Waals surface area contributed by atoms with Crippen LogP contribution >= 0.6 is 0 Å². The Morgan fingerprint density at radius 2 is 1.62 bits per heavy atom. The zero-order valence-electron chi connectivity index (χ0n) is 16.3. The molecule has 9 heteroatoms. The summed E-state index contributed by atoms with van der Waals surface area (Å²) in [6.45, 7) is 0.0208. The summed E-state index contributed by atoms with van der Waals surface area (Å²) >= 11 is 0. The smallest absolute Gasteiger partial charge is 0.243 e. The van der Waals surface area contributed by atoms with Gasteiger partial charge < -0.3 is 10.2 Å². The molecule has 0 radical (unpaired) electrons. The van der Waals surface area contributed by atoms with Crippen molar-refractivity contribution in [1.29, 1.82) is 0 Å². The molecule has 2 amide bonds. The van der Waals surface area contributed by atoms with Gasteiger partial charge in [0.2, 0.25) is 21.8 Å². The molecule has 0 bridgehead atoms. The number of carbonyl (C=O) groups excluding carboxylic acids is 2. The molecule has 29 heavy (non-hydrogen) atoms. The lowest BCUT2D eigenvalue weighted by atomic mass is 10.2. The van der Waals surface area contributed by atoms with Crippen LogP contribution in [0.2, 0.25) is 0 Å². The van der Waals surface area contributed by atoms with Crippen molar-refractivity contribution in [2.45, 2.75) is 17.7 Å². The van der Waals surface area contributed by atoms with Gasteiger partial charge in [-0.05, 0) is 42.8 Å². The fraction of sp³-hybridized carbons (Fsp3) is 0.300. The van der Waals surface area contributed by atoms with E-state index in [9.17, 15) is 22.4 Å². The Labute approximate surface area is 170 Å². The van der Waals surface area contributed by atoms with Crippen LogP contribution in [0, 0.1) is 5.82 Å². The van der Waals surface area contributed by atoms with E-state index in [0.29, 0.717) is 12.1 Å². The van der Waals surface area contributed by atoms with Crippen molar-refractivity contribution in [2.24, 2.45) is 0 Å². The van der Waals surface area contributed by atoms with Crippen molar-refractivity contribution >= 4 is 27.5 Å². The van der Waals surface area contributed by atoms with Crippen LogP contribution in [0.25, 0.3) is 0 Å². The quantitative estimate of drug-likeness (QED) is 0.673. The molecule has 0 heterocycles. The van der Waals surface area contributed by atoms with Gasteiger partial charge in [-0.2, -0.15) is 0 Å². The van der Waals surface area contributed by atoms with Crippen LogP contribution in [0.3, 0.4) is 0 Å². The summed E-state index contributed by atoms with van der Waals surface area (Å²) in [5, 5.41) is 2.70. The topological polar surface area (TPSA) is 86.8 Å². The summed E-state index contributed by atoms with van der Waals surface area (Å²) in [6, 6.07) is 13.5. The molecule has 0 atom stereocenters. The van der Waals surface area contributed by atoms with Gasteiger partial charge in [0.15, 0.2) is 0 Å². The second kappa shape index (κ2) is 10.1. The molecule has 2 aromatic carbocycles. The highest BCUT2D eigenvalue weighted by Crippen LogP contribution is 2.15. The first-order chi connectivity index (χ1) is 13.7. The molecule has 0 saturated heterocycles. The van der Waals surface area contributed by atoms with Crippen LogP contribution < -0.4 is 5.32 Å². The van der Waals surface area contributed by atoms with Crippen LogP contribution in [0.4, 0.5) is 10.1 Å². The highest BCUT2D eigenvalue weighted by Gasteiger charge is 2.21. The van der Waals surface area contributed by atoms with Gasteiger partial charge in [-0.1, -0.05) is 18.2 Å². The molecule has 2 rings (SSSR count). The Morgan fingerprint density at radius 1 is 1.00 bits per heavy atom. The number of anilines is 1. The average Bonchev–Trinajstić information content (AvgIpc) is 2.68. The van der Waals surface area contributed by atoms with E-state index >= 15 is 0 Å². The number of para-hydroxylation sites is 1. The number of carbonyl (C=O) groups is 2. The summed E-state index contributed by atoms with van der Waals surface area (Å²) in [5.41, 5.74) is 0.644. The molecule has 0 saturated carbocycles. The fourth-order valence-electron chi connectivity index (χ4n) is 2.58. The minimum Gasteiger partial charge on any atom is -0.336 e. The molecule has 0 spiro atoms. The maximum atomic E-state index is 13.0. The number of hydrogen-bond acceptors (Lipinski definition) is 4. The largest absolute Gasteiger partial charge is 0.336 e. The van der Waals surface area contributed by atoms with Gasteiger partial charge >= 0.3 is 0 Å². The number of sulfonamides is 1. The summed E-state index contributed by atoms with van der Waals surface area (Å²) in [5.74, 6) is -1.10. The maximum Gasteiger partial charge on any atom is 0.243 e. The number of halogens is 1. The maximum absolute atomic E-state index is 13.0. The van der Waals surface area contributed by atoms with E-state index < -0.39 is 15.8 Å². The van der Waals surface area contributed by atoms with Gasteiger partial charge in [0.25, 0.3) is 0 Å². The number of likely N-dealkylation sites (N-methyl/N-ethyl adjacent to an activating group) is 1. The second-order valence-corrected chi connectivity index (χ2v) is 8.59. The van der Waals surface area contributed by atoms with E-state index in [2.05, 4.69) is 5.32 Å². The second-order valence-electron chi connectivity index (χ2n) is 6.55. The minimum atomic E-state index is -3.75. The van der Waals surface area contributed by atoms with Gasteiger partial charge in [0.1, 0.15) is 5.82 Å². The predicted molar refractivity (Wildman–Crippen MR) is 108 cm³/mol. The molecule has 1 N–H and O–H groups in total. The van der Waals surface area contributed by atoms with E-state index in [0.717, 1.165) is 16.4 Å². The van der Waals surface area contributed by atoms with Crippen LogP contribution in [-0.2, 0) is 19.6 Å². The summed E-state index contributed by atoms with van der Waals surface area (Å²) in [7, 11) is -0.827. The van der Waals surface area contributed by atoms with Crippen molar-refractivity contribution in [3.8, 4) is 0 Å². The first-order valence-electron chi connectivity index (χ1n) is 9.01. The third-order valence-corrected chi connectivity index (χ3v) is 6.12. The van der Waals surface area contributed by atoms with E-state index in [-0.39, 0.29) is 36.2 Å². The number of nitrogens with zero attached hydrogens (tertiary/aromatic N) is 2. The number of nitrogens with one attached hydrogen (secondary N) is 1. The van der Waals surface area contributed by atoms with Crippen LogP contribution in [0.15, 0.2) is 59.5 Å². The number of rotatable bonds is 9. The highest BCUT2D eigenvalue weighted by atomic mass is 32.2. The summed E-state index contributed by atoms with van der Waals surface area (Å²) in [6.07, 6.45) is 0.388. The molecule has 0 aliphatic rings. The van der Waals surface area contributed by atoms with Gasteiger partial charge in [-0.15, -0.1) is 0 Å². The lowest BCUT2D eigenvalue weighted by Crippen LogP contribution is -2.35. The molecule has 0 aliphatic heterocycles. The monoisotopic (exact) mass is 421 g/mol. The fourth-order valence-corrected chi connectivity index (χ4v) is 3.79. The standard InChI is InChI=1S/C20H24FN3O4S/c1-23(15-19(25)22-17-7-4-3-5-8-17)20(26)9-6-14-24(2)29(27,28)18-12-10-16(21)11-13-18/h3-5,7-8,10-13H,6,9,14-15H2,1-2H3,(H,22,25). The SMILES string of the molecule is CN(CC(=O)Nc1ccccc1)C(=O)CCCN(C)S(=O)(=O)c1ccc(F)cc1. The van der Waals surface area contributed by atoms with Crippen molar-refractivity contribution in [3.05, 3.63) is 60.4 Å². The Hall–Kier alpha value is -2.78. The summed E-state index contributed by atoms with van der Waals surface area (Å²) in [4.78, 5) is 25.5. The number of amides is 2. The number of hydrogen-bond donors (Lipinski definition) is 1. The van der Waals surface area contributed by atoms with E-state index in [1.54, 1.807) is 24.3 Å². The molecule has 0 aliphatic carbocycles. The Balaban J connectivity index is 1.79. The van der Waals surface area contributed by atoms with Crippen molar-refractivity contribution in [2.75, 3.05) is 32.5 Å². The van der Waals surface area contributed by atoms with Gasteiger partial charge in [0.05, 0.1) is 11.4 Å². The third kappa shape index (κ3) is 6.65. The zero-order valence-corrected chi connectivity index (χ0v) is 17.2. The molecule has 0 unspecified atom stereocenters. The lowest BCUT2D eigenvalue weighted by molar-refractivity contribution is -0.133. The molecule has 156 valence electrons. The first kappa shape index (κ1) is 22.5. The Kier molecular flexibility index (Phi) is 7.86. The normalized spacial score (nSPS) is 11.3. The van der Waals surface area contributed by atoms with E-state index in [4.69, 9.17) is 0 Å². The highest BCUT2D eigenvalue weighted by molar-refractivity contribution is 7.89. The van der Waals surface area contributed by atoms with Crippen LogP contribution in [0.5, 0.6) is 0 Å². The van der Waals surface area contributed by atoms with Crippen LogP contribution in [0.1, 0.15) is 12.8 Å². The van der Waals surface area contributed by atoms with E-state index in [1.165, 1.54) is 31.1 Å². The Bertz CT molecular complexity index is 934. The van der Waals surface area contributed by atoms with Gasteiger partial charge in [0, 0.05) is 32.7 Å². The van der Waals surface area contributed by atoms with Gasteiger partial charge in [-0.25, -0.2) is 17.1 Å². The predicted octanol–water partition coefficient (Wildman–Crippen LogP) is 2.32. The average molecular weight is 421 g/mol. The molecule has 2 aromatic rings. The number of benzene rings is 2. The van der Waals surface area contributed by atoms with Crippen molar-refractivity contribution in [3.63, 3.8) is 0 Å². The summed E-state index contributed by atoms with van der Waals surface area (Å²) < 4.78 is 39.0. The van der Waals surface area contributed by atoms with E-state index in [1.807, 2.05) is 6.07 Å². The van der Waals surface area contributed by atoms with Gasteiger partial charge in [-0.3, -0.25) is 9.59 Å². The first-order valence-corrected chi connectivity index (χ1v) is 10.4. The molecule has 0 aromatic heterocycles. The molecular formula is C20H24FN3O4S. The molecule has 0 fully saturated rings. The zero-order chi connectivity index (χ0) is 21.4. The van der Waals surface area contributed by atoms with Crippen molar-refractivity contribution < 1.29 is 22.4 Å². The Morgan fingerprint density at radius 3 is 2.24 bits per heavy atom. The van der Waals surface area contributed by atoms with Crippen molar-refractivity contribution in [1.82, 2.24) is 9.21 Å². The third-order valence-electron chi connectivity index (χ3n) is 4.25.